The lowest BCUT2D eigenvalue weighted by atomic mass is 9.97. The third kappa shape index (κ3) is 5.57. The highest BCUT2D eigenvalue weighted by Gasteiger charge is 2.19. The number of nitrogens with one attached hydrogen (secondary N) is 1. The summed E-state index contributed by atoms with van der Waals surface area (Å²) in [6.07, 6.45) is 8.91. The van der Waals surface area contributed by atoms with Crippen LogP contribution in [0.1, 0.15) is 24.0 Å². The van der Waals surface area contributed by atoms with Gasteiger partial charge in [-0.25, -0.2) is 18.7 Å². The molecule has 3 aromatic rings. The van der Waals surface area contributed by atoms with E-state index in [1.54, 1.807) is 13.1 Å². The zero-order valence-electron chi connectivity index (χ0n) is 19.0. The van der Waals surface area contributed by atoms with Crippen molar-refractivity contribution < 1.29 is 18.3 Å². The van der Waals surface area contributed by atoms with Crippen LogP contribution in [0, 0.1) is 24.5 Å². The summed E-state index contributed by atoms with van der Waals surface area (Å²) in [5.74, 6) is -0.181. The zero-order valence-corrected chi connectivity index (χ0v) is 19.0. The van der Waals surface area contributed by atoms with Gasteiger partial charge >= 0.3 is 0 Å². The van der Waals surface area contributed by atoms with Crippen LogP contribution in [-0.2, 0) is 13.2 Å². The highest BCUT2D eigenvalue weighted by molar-refractivity contribution is 5.50. The molecular weight excluding hydrogens is 430 g/mol. The van der Waals surface area contributed by atoms with Crippen LogP contribution >= 0.6 is 0 Å². The first-order chi connectivity index (χ1) is 15.9. The van der Waals surface area contributed by atoms with Crippen molar-refractivity contribution in [3.05, 3.63) is 53.6 Å². The zero-order chi connectivity index (χ0) is 23.4. The van der Waals surface area contributed by atoms with Gasteiger partial charge in [0.15, 0.2) is 17.3 Å². The maximum Gasteiger partial charge on any atom is 0.227 e. The van der Waals surface area contributed by atoms with Crippen molar-refractivity contribution in [1.29, 1.82) is 0 Å². The van der Waals surface area contributed by atoms with Crippen molar-refractivity contribution in [2.45, 2.75) is 32.9 Å². The van der Waals surface area contributed by atoms with Crippen LogP contribution in [0.5, 0.6) is 11.5 Å². The first-order valence-corrected chi connectivity index (χ1v) is 10.9. The van der Waals surface area contributed by atoms with Crippen LogP contribution in [0.25, 0.3) is 0 Å². The third-order valence-corrected chi connectivity index (χ3v) is 5.84. The van der Waals surface area contributed by atoms with Crippen LogP contribution < -0.4 is 14.8 Å². The van der Waals surface area contributed by atoms with Gasteiger partial charge in [-0.3, -0.25) is 4.68 Å². The summed E-state index contributed by atoms with van der Waals surface area (Å²) in [5.41, 5.74) is 0.859. The number of halogens is 2. The Kier molecular flexibility index (Phi) is 7.02. The van der Waals surface area contributed by atoms with E-state index in [1.165, 1.54) is 38.4 Å². The summed E-state index contributed by atoms with van der Waals surface area (Å²) in [6.45, 7) is 4.36. The number of likely N-dealkylation sites (tertiary alicyclic amines) is 1. The Hall–Kier alpha value is -3.27. The van der Waals surface area contributed by atoms with Gasteiger partial charge in [0.2, 0.25) is 5.95 Å². The second-order valence-corrected chi connectivity index (χ2v) is 8.36. The molecule has 8 nitrogen and oxygen atoms in total. The minimum atomic E-state index is -0.780. The van der Waals surface area contributed by atoms with Crippen molar-refractivity contribution in [1.82, 2.24) is 24.6 Å². The van der Waals surface area contributed by atoms with Gasteiger partial charge in [0.1, 0.15) is 12.4 Å². The smallest absolute Gasteiger partial charge is 0.227 e. The van der Waals surface area contributed by atoms with Gasteiger partial charge < -0.3 is 19.7 Å². The van der Waals surface area contributed by atoms with Gasteiger partial charge in [-0.15, -0.1) is 0 Å². The molecule has 4 rings (SSSR count). The number of nitrogens with zero attached hydrogens (tertiary/aromatic N) is 5. The lowest BCUT2D eigenvalue weighted by Crippen LogP contribution is -2.31. The molecule has 1 aliphatic rings. The van der Waals surface area contributed by atoms with E-state index in [-0.39, 0.29) is 29.2 Å². The van der Waals surface area contributed by atoms with Gasteiger partial charge in [-0.05, 0) is 57.5 Å². The van der Waals surface area contributed by atoms with Gasteiger partial charge in [-0.1, -0.05) is 0 Å². The maximum atomic E-state index is 14.4. The van der Waals surface area contributed by atoms with Gasteiger partial charge in [-0.2, -0.15) is 5.10 Å². The van der Waals surface area contributed by atoms with E-state index >= 15 is 0 Å². The molecule has 0 amide bonds. The van der Waals surface area contributed by atoms with Crippen molar-refractivity contribution >= 4 is 11.6 Å². The van der Waals surface area contributed by atoms with E-state index in [0.717, 1.165) is 25.3 Å². The summed E-state index contributed by atoms with van der Waals surface area (Å²) in [5, 5.41) is 7.53. The number of benzene rings is 1. The summed E-state index contributed by atoms with van der Waals surface area (Å²) in [6, 6.07) is 1.31. The Bertz CT molecular complexity index is 1080. The van der Waals surface area contributed by atoms with Gasteiger partial charge in [0.05, 0.1) is 37.0 Å². The molecule has 0 aliphatic carbocycles. The summed E-state index contributed by atoms with van der Waals surface area (Å²) in [7, 11) is 3.48. The van der Waals surface area contributed by atoms with Crippen molar-refractivity contribution in [2.24, 2.45) is 5.92 Å². The average Bonchev–Trinajstić information content (AvgIpc) is 3.25. The van der Waals surface area contributed by atoms with E-state index < -0.39 is 11.6 Å². The number of methoxy groups -OCH3 is 1. The molecule has 1 N–H and O–H groups in total. The molecule has 0 radical (unpaired) electrons. The topological polar surface area (TPSA) is 77.3 Å². The van der Waals surface area contributed by atoms with Crippen molar-refractivity contribution in [3.63, 3.8) is 0 Å². The number of aryl methyl sites for hydroxylation is 1. The van der Waals surface area contributed by atoms with Crippen LogP contribution in [0.3, 0.4) is 0 Å². The average molecular weight is 459 g/mol. The molecule has 2 aromatic heterocycles. The number of hydrogen-bond donors (Lipinski definition) is 1. The minimum absolute atomic E-state index is 0.0281. The maximum absolute atomic E-state index is 14.4. The first kappa shape index (κ1) is 22.9. The molecule has 0 atom stereocenters. The number of ether oxygens (including phenoxy) is 2. The van der Waals surface area contributed by atoms with Crippen LogP contribution in [0.15, 0.2) is 30.9 Å². The number of piperidine rings is 1. The molecule has 176 valence electrons. The van der Waals surface area contributed by atoms with E-state index in [4.69, 9.17) is 9.47 Å². The largest absolute Gasteiger partial charge is 0.494 e. The molecule has 33 heavy (non-hydrogen) atoms. The fraction of sp³-hybridized carbons (Fsp3) is 0.435. The Balaban J connectivity index is 1.33. The molecule has 0 spiro atoms. The molecule has 10 heteroatoms. The van der Waals surface area contributed by atoms with Crippen LogP contribution in [-0.4, -0.2) is 51.9 Å². The Morgan fingerprint density at radius 1 is 1.12 bits per heavy atom. The molecule has 1 saturated heterocycles. The van der Waals surface area contributed by atoms with Gasteiger partial charge in [0.25, 0.3) is 0 Å². The van der Waals surface area contributed by atoms with Gasteiger partial charge in [0, 0.05) is 12.7 Å². The standard InChI is InChI=1S/C23H28F2N6O2/c1-15-8-20(32-3)22(25)19(21(15)24)14-33-18-10-26-23(27-11-18)29-17-9-28-31(13-17)12-16-4-6-30(2)7-5-16/h8-11,13,16H,4-7,12,14H2,1-3H3,(H,26,27,29). The Morgan fingerprint density at radius 2 is 1.85 bits per heavy atom. The predicted molar refractivity (Wildman–Crippen MR) is 120 cm³/mol. The molecule has 1 aliphatic heterocycles. The number of rotatable bonds is 8. The van der Waals surface area contributed by atoms with E-state index in [2.05, 4.69) is 32.3 Å². The molecule has 0 unspecified atom stereocenters. The second kappa shape index (κ2) is 10.1. The molecule has 1 fully saturated rings. The van der Waals surface area contributed by atoms with Crippen LogP contribution in [0.4, 0.5) is 20.4 Å². The lowest BCUT2D eigenvalue weighted by Gasteiger charge is -2.28. The summed E-state index contributed by atoms with van der Waals surface area (Å²) in [4.78, 5) is 10.8. The van der Waals surface area contributed by atoms with E-state index in [0.29, 0.717) is 11.9 Å². The molecule has 3 heterocycles. The molecule has 0 bridgehead atoms. The van der Waals surface area contributed by atoms with Crippen molar-refractivity contribution in [3.8, 4) is 11.5 Å². The summed E-state index contributed by atoms with van der Waals surface area (Å²) < 4.78 is 41.1. The monoisotopic (exact) mass is 458 g/mol. The first-order valence-electron chi connectivity index (χ1n) is 10.9. The third-order valence-electron chi connectivity index (χ3n) is 5.84. The van der Waals surface area contributed by atoms with E-state index in [9.17, 15) is 8.78 Å². The number of aromatic nitrogens is 4. The van der Waals surface area contributed by atoms with Crippen LogP contribution in [0.2, 0.25) is 0 Å². The fourth-order valence-corrected chi connectivity index (χ4v) is 3.86. The fourth-order valence-electron chi connectivity index (χ4n) is 3.86. The highest BCUT2D eigenvalue weighted by Crippen LogP contribution is 2.27. The second-order valence-electron chi connectivity index (χ2n) is 8.36. The van der Waals surface area contributed by atoms with Crippen molar-refractivity contribution in [2.75, 3.05) is 32.6 Å². The minimum Gasteiger partial charge on any atom is -0.494 e. The number of hydrogen-bond acceptors (Lipinski definition) is 7. The quantitative estimate of drug-likeness (QED) is 0.548. The number of anilines is 2. The Morgan fingerprint density at radius 3 is 2.55 bits per heavy atom. The highest BCUT2D eigenvalue weighted by atomic mass is 19.1. The summed E-state index contributed by atoms with van der Waals surface area (Å²) >= 11 is 0. The van der Waals surface area contributed by atoms with E-state index in [1.807, 2.05) is 10.9 Å². The lowest BCUT2D eigenvalue weighted by molar-refractivity contribution is 0.201. The normalized spacial score (nSPS) is 14.9. The Labute approximate surface area is 191 Å². The molecule has 0 saturated carbocycles. The predicted octanol–water partition coefficient (Wildman–Crippen LogP) is 3.93. The molecular formula is C23H28F2N6O2. The SMILES string of the molecule is COc1cc(C)c(F)c(COc2cnc(Nc3cnn(CC4CCN(C)CC4)c3)nc2)c1F. The molecule has 1 aromatic carbocycles.